The Kier molecular flexibility index (Phi) is 3.89. The van der Waals surface area contributed by atoms with E-state index in [-0.39, 0.29) is 4.90 Å². The maximum atomic E-state index is 12.2. The predicted octanol–water partition coefficient (Wildman–Crippen LogP) is 1.58. The van der Waals surface area contributed by atoms with E-state index in [1.165, 1.54) is 10.5 Å². The number of aromatic nitrogens is 1. The standard InChI is InChI=1S/C9H11BrN2O2S2/c10-8-5-9(7-11-6-8)16(13,14)12-1-3-15-4-2-12/h5-7H,1-4H2. The minimum absolute atomic E-state index is 0.258. The van der Waals surface area contributed by atoms with Crippen LogP contribution in [0.15, 0.2) is 27.8 Å². The predicted molar refractivity (Wildman–Crippen MR) is 68.0 cm³/mol. The normalized spacial score (nSPS) is 18.6. The molecule has 7 heteroatoms. The molecule has 0 unspecified atom stereocenters. The Morgan fingerprint density at radius 2 is 2.00 bits per heavy atom. The fourth-order valence-electron chi connectivity index (χ4n) is 1.47. The maximum absolute atomic E-state index is 12.2. The molecule has 0 spiro atoms. The molecule has 1 fully saturated rings. The molecule has 0 bridgehead atoms. The Labute approximate surface area is 108 Å². The van der Waals surface area contributed by atoms with Crippen molar-refractivity contribution in [1.82, 2.24) is 9.29 Å². The summed E-state index contributed by atoms with van der Waals surface area (Å²) < 4.78 is 26.6. The van der Waals surface area contributed by atoms with Crippen LogP contribution in [0.1, 0.15) is 0 Å². The van der Waals surface area contributed by atoms with E-state index in [0.29, 0.717) is 17.6 Å². The van der Waals surface area contributed by atoms with E-state index >= 15 is 0 Å². The van der Waals surface area contributed by atoms with Gasteiger partial charge in [0.25, 0.3) is 0 Å². The van der Waals surface area contributed by atoms with Gasteiger partial charge in [0.1, 0.15) is 4.90 Å². The SMILES string of the molecule is O=S(=O)(c1cncc(Br)c1)N1CCSCC1. The van der Waals surface area contributed by atoms with Crippen LogP contribution in [0.4, 0.5) is 0 Å². The van der Waals surface area contributed by atoms with Crippen LogP contribution in [-0.4, -0.2) is 42.3 Å². The van der Waals surface area contributed by atoms with Crippen LogP contribution in [0.25, 0.3) is 0 Å². The zero-order valence-electron chi connectivity index (χ0n) is 8.47. The fourth-order valence-corrected chi connectivity index (χ4v) is 4.55. The minimum Gasteiger partial charge on any atom is -0.262 e. The summed E-state index contributed by atoms with van der Waals surface area (Å²) in [5, 5.41) is 0. The largest absolute Gasteiger partial charge is 0.262 e. The average molecular weight is 323 g/mol. The van der Waals surface area contributed by atoms with E-state index in [1.54, 1.807) is 24.0 Å². The number of hydrogen-bond acceptors (Lipinski definition) is 4. The Balaban J connectivity index is 2.30. The molecule has 1 aliphatic heterocycles. The number of halogens is 1. The van der Waals surface area contributed by atoms with Gasteiger partial charge < -0.3 is 0 Å². The molecule has 0 N–H and O–H groups in total. The lowest BCUT2D eigenvalue weighted by molar-refractivity contribution is 0.443. The second-order valence-electron chi connectivity index (χ2n) is 3.36. The van der Waals surface area contributed by atoms with E-state index in [0.717, 1.165) is 11.5 Å². The second-order valence-corrected chi connectivity index (χ2v) is 7.43. The highest BCUT2D eigenvalue weighted by Crippen LogP contribution is 2.21. The van der Waals surface area contributed by atoms with Gasteiger partial charge in [-0.15, -0.1) is 0 Å². The third-order valence-corrected chi connectivity index (χ3v) is 5.53. The summed E-state index contributed by atoms with van der Waals surface area (Å²) in [7, 11) is -3.36. The Hall–Kier alpha value is -0.110. The number of rotatable bonds is 2. The molecule has 0 radical (unpaired) electrons. The van der Waals surface area contributed by atoms with Crippen molar-refractivity contribution in [3.05, 3.63) is 22.9 Å². The van der Waals surface area contributed by atoms with Gasteiger partial charge in [0.2, 0.25) is 10.0 Å². The lowest BCUT2D eigenvalue weighted by Crippen LogP contribution is -2.37. The Bertz CT molecular complexity index is 472. The highest BCUT2D eigenvalue weighted by atomic mass is 79.9. The molecular weight excluding hydrogens is 312 g/mol. The van der Waals surface area contributed by atoms with Crippen LogP contribution in [0.3, 0.4) is 0 Å². The van der Waals surface area contributed by atoms with Gasteiger partial charge in [0.15, 0.2) is 0 Å². The van der Waals surface area contributed by atoms with Crippen molar-refractivity contribution in [3.8, 4) is 0 Å². The molecular formula is C9H11BrN2O2S2. The van der Waals surface area contributed by atoms with Gasteiger partial charge in [-0.1, -0.05) is 0 Å². The Morgan fingerprint density at radius 3 is 2.62 bits per heavy atom. The van der Waals surface area contributed by atoms with E-state index in [4.69, 9.17) is 0 Å². The van der Waals surface area contributed by atoms with Gasteiger partial charge in [0, 0.05) is 41.5 Å². The molecule has 1 aromatic heterocycles. The molecule has 88 valence electrons. The summed E-state index contributed by atoms with van der Waals surface area (Å²) in [6, 6.07) is 1.59. The van der Waals surface area contributed by atoms with Crippen LogP contribution in [0.5, 0.6) is 0 Å². The summed E-state index contributed by atoms with van der Waals surface area (Å²) in [4.78, 5) is 4.15. The van der Waals surface area contributed by atoms with Gasteiger partial charge in [-0.05, 0) is 22.0 Å². The number of pyridine rings is 1. The number of nitrogens with zero attached hydrogens (tertiary/aromatic N) is 2. The maximum Gasteiger partial charge on any atom is 0.244 e. The average Bonchev–Trinajstić information content (AvgIpc) is 2.30. The monoisotopic (exact) mass is 322 g/mol. The van der Waals surface area contributed by atoms with Gasteiger partial charge in [-0.25, -0.2) is 8.42 Å². The zero-order chi connectivity index (χ0) is 11.6. The summed E-state index contributed by atoms with van der Waals surface area (Å²) in [6.07, 6.45) is 2.97. The first kappa shape index (κ1) is 12.3. The smallest absolute Gasteiger partial charge is 0.244 e. The van der Waals surface area contributed by atoms with Crippen molar-refractivity contribution in [3.63, 3.8) is 0 Å². The van der Waals surface area contributed by atoms with Crippen molar-refractivity contribution in [2.45, 2.75) is 4.90 Å². The van der Waals surface area contributed by atoms with Crippen LogP contribution in [-0.2, 0) is 10.0 Å². The summed E-state index contributed by atoms with van der Waals surface area (Å²) in [5.74, 6) is 1.72. The van der Waals surface area contributed by atoms with Gasteiger partial charge >= 0.3 is 0 Å². The third-order valence-electron chi connectivity index (χ3n) is 2.29. The summed E-state index contributed by atoms with van der Waals surface area (Å²) in [5.41, 5.74) is 0. The van der Waals surface area contributed by atoms with Crippen LogP contribution < -0.4 is 0 Å². The van der Waals surface area contributed by atoms with Crippen LogP contribution in [0, 0.1) is 0 Å². The Morgan fingerprint density at radius 1 is 1.31 bits per heavy atom. The number of hydrogen-bond donors (Lipinski definition) is 0. The molecule has 1 saturated heterocycles. The minimum atomic E-state index is -3.36. The molecule has 4 nitrogen and oxygen atoms in total. The molecule has 0 atom stereocenters. The van der Waals surface area contributed by atoms with Crippen molar-refractivity contribution in [1.29, 1.82) is 0 Å². The zero-order valence-corrected chi connectivity index (χ0v) is 11.7. The second kappa shape index (κ2) is 5.03. The van der Waals surface area contributed by atoms with Gasteiger partial charge in [-0.3, -0.25) is 4.98 Å². The van der Waals surface area contributed by atoms with E-state index in [9.17, 15) is 8.42 Å². The van der Waals surface area contributed by atoms with Crippen molar-refractivity contribution in [2.75, 3.05) is 24.6 Å². The lowest BCUT2D eigenvalue weighted by Gasteiger charge is -2.25. The first-order valence-electron chi connectivity index (χ1n) is 4.79. The fraction of sp³-hybridized carbons (Fsp3) is 0.444. The van der Waals surface area contributed by atoms with Crippen molar-refractivity contribution in [2.24, 2.45) is 0 Å². The molecule has 2 rings (SSSR count). The van der Waals surface area contributed by atoms with E-state index < -0.39 is 10.0 Å². The number of sulfonamides is 1. The van der Waals surface area contributed by atoms with E-state index in [2.05, 4.69) is 20.9 Å². The molecule has 0 saturated carbocycles. The van der Waals surface area contributed by atoms with Gasteiger partial charge in [-0.2, -0.15) is 16.1 Å². The molecule has 0 aromatic carbocycles. The van der Waals surface area contributed by atoms with Crippen LogP contribution in [0.2, 0.25) is 0 Å². The first-order chi connectivity index (χ1) is 7.60. The highest BCUT2D eigenvalue weighted by Gasteiger charge is 2.26. The molecule has 1 aromatic rings. The van der Waals surface area contributed by atoms with Crippen molar-refractivity contribution < 1.29 is 8.42 Å². The first-order valence-corrected chi connectivity index (χ1v) is 8.18. The van der Waals surface area contributed by atoms with E-state index in [1.807, 2.05) is 0 Å². The highest BCUT2D eigenvalue weighted by molar-refractivity contribution is 9.10. The molecule has 2 heterocycles. The van der Waals surface area contributed by atoms with Crippen LogP contribution >= 0.6 is 27.7 Å². The molecule has 16 heavy (non-hydrogen) atoms. The summed E-state index contributed by atoms with van der Waals surface area (Å²) >= 11 is 5.01. The molecule has 0 amide bonds. The van der Waals surface area contributed by atoms with Crippen molar-refractivity contribution >= 4 is 37.7 Å². The quantitative estimate of drug-likeness (QED) is 0.829. The van der Waals surface area contributed by atoms with Gasteiger partial charge in [0.05, 0.1) is 0 Å². The lowest BCUT2D eigenvalue weighted by atomic mass is 10.5. The third kappa shape index (κ3) is 2.58. The topological polar surface area (TPSA) is 50.3 Å². The summed E-state index contributed by atoms with van der Waals surface area (Å²) in [6.45, 7) is 1.17. The molecule has 1 aliphatic rings. The number of thioether (sulfide) groups is 1. The molecule has 0 aliphatic carbocycles.